The Balaban J connectivity index is 1.55. The van der Waals surface area contributed by atoms with Gasteiger partial charge in [-0.25, -0.2) is 13.6 Å². The Morgan fingerprint density at radius 2 is 1.79 bits per heavy atom. The summed E-state index contributed by atoms with van der Waals surface area (Å²) in [5.41, 5.74) is 5.72. The van der Waals surface area contributed by atoms with Gasteiger partial charge in [0.2, 0.25) is 10.0 Å². The standard InChI is InChI=1S/C23H21N5O4S2/c1-32-17-9-12-20-19(13-17)21(22(29)28(20)14-15-5-3-2-4-6-15)26-27-23(33)25-16-7-10-18(11-8-16)34(24,30)31/h2-13H,14H2,1H3,(H2,24,30,31)(H2,25,27,33). The minimum Gasteiger partial charge on any atom is -0.497 e. The number of anilines is 2. The number of hydrogen-bond acceptors (Lipinski definition) is 6. The molecule has 0 fully saturated rings. The van der Waals surface area contributed by atoms with Crippen molar-refractivity contribution in [2.24, 2.45) is 10.2 Å². The first-order chi connectivity index (χ1) is 16.3. The zero-order valence-electron chi connectivity index (χ0n) is 18.1. The lowest BCUT2D eigenvalue weighted by atomic mass is 10.1. The number of hydrogen-bond donors (Lipinski definition) is 3. The van der Waals surface area contributed by atoms with Crippen molar-refractivity contribution in [3.8, 4) is 5.75 Å². The van der Waals surface area contributed by atoms with Gasteiger partial charge in [-0.3, -0.25) is 10.2 Å². The third kappa shape index (κ3) is 5.06. The molecule has 0 bridgehead atoms. The van der Waals surface area contributed by atoms with E-state index in [0.29, 0.717) is 29.2 Å². The van der Waals surface area contributed by atoms with Crippen LogP contribution < -0.4 is 25.5 Å². The molecule has 3 aromatic rings. The fourth-order valence-corrected chi connectivity index (χ4v) is 4.12. The minimum atomic E-state index is -3.79. The van der Waals surface area contributed by atoms with Crippen molar-refractivity contribution < 1.29 is 17.9 Å². The maximum Gasteiger partial charge on any atom is 0.279 e. The molecule has 0 atom stereocenters. The number of ether oxygens (including phenoxy) is 1. The maximum atomic E-state index is 13.3. The number of carbonyl (C=O) groups is 1. The molecule has 1 heterocycles. The Morgan fingerprint density at radius 1 is 1.09 bits per heavy atom. The Bertz CT molecular complexity index is 1370. The molecule has 11 heteroatoms. The SMILES string of the molecule is COc1ccc2c(c1)C(=NNC(=S)Nc1ccc(S(N)(=O)=O)cc1)C(=O)N2Cc1ccccc1. The van der Waals surface area contributed by atoms with E-state index in [-0.39, 0.29) is 21.6 Å². The van der Waals surface area contributed by atoms with Crippen LogP contribution in [0.5, 0.6) is 5.75 Å². The average molecular weight is 496 g/mol. The molecule has 0 spiro atoms. The van der Waals surface area contributed by atoms with Crippen LogP contribution in [0.1, 0.15) is 11.1 Å². The smallest absolute Gasteiger partial charge is 0.279 e. The molecule has 0 aliphatic carbocycles. The zero-order chi connectivity index (χ0) is 24.3. The summed E-state index contributed by atoms with van der Waals surface area (Å²) in [6.07, 6.45) is 0. The van der Waals surface area contributed by atoms with E-state index in [1.165, 1.54) is 24.3 Å². The van der Waals surface area contributed by atoms with E-state index in [2.05, 4.69) is 15.8 Å². The van der Waals surface area contributed by atoms with Crippen LogP contribution in [0.2, 0.25) is 0 Å². The number of amides is 1. The highest BCUT2D eigenvalue weighted by Crippen LogP contribution is 2.33. The van der Waals surface area contributed by atoms with Gasteiger partial charge in [-0.05, 0) is 60.2 Å². The molecule has 0 saturated carbocycles. The molecule has 174 valence electrons. The van der Waals surface area contributed by atoms with Gasteiger partial charge < -0.3 is 15.0 Å². The van der Waals surface area contributed by atoms with E-state index in [9.17, 15) is 13.2 Å². The molecule has 1 aliphatic rings. The molecular weight excluding hydrogens is 474 g/mol. The largest absolute Gasteiger partial charge is 0.497 e. The summed E-state index contributed by atoms with van der Waals surface area (Å²) in [5.74, 6) is 0.316. The van der Waals surface area contributed by atoms with Gasteiger partial charge in [0.05, 0.1) is 24.2 Å². The molecule has 0 unspecified atom stereocenters. The Hall–Kier alpha value is -3.80. The van der Waals surface area contributed by atoms with E-state index in [1.54, 1.807) is 24.1 Å². The van der Waals surface area contributed by atoms with Gasteiger partial charge in [-0.2, -0.15) is 5.10 Å². The maximum absolute atomic E-state index is 13.3. The second-order valence-corrected chi connectivity index (χ2v) is 9.33. The first-order valence-electron chi connectivity index (χ1n) is 10.1. The van der Waals surface area contributed by atoms with E-state index in [0.717, 1.165) is 5.56 Å². The number of primary sulfonamides is 1. The fraction of sp³-hybridized carbons (Fsp3) is 0.0870. The first kappa shape index (κ1) is 23.4. The Labute approximate surface area is 202 Å². The van der Waals surface area contributed by atoms with Gasteiger partial charge in [0, 0.05) is 11.3 Å². The van der Waals surface area contributed by atoms with E-state index in [1.807, 2.05) is 36.4 Å². The summed E-state index contributed by atoms with van der Waals surface area (Å²) in [4.78, 5) is 14.9. The van der Waals surface area contributed by atoms with Gasteiger partial charge in [-0.1, -0.05) is 30.3 Å². The molecule has 1 aliphatic heterocycles. The molecule has 0 aromatic heterocycles. The normalized spacial score (nSPS) is 14.1. The van der Waals surface area contributed by atoms with Crippen LogP contribution in [-0.4, -0.2) is 32.3 Å². The molecule has 3 aromatic carbocycles. The third-order valence-electron chi connectivity index (χ3n) is 5.09. The average Bonchev–Trinajstić information content (AvgIpc) is 3.08. The number of fused-ring (bicyclic) bond motifs is 1. The summed E-state index contributed by atoms with van der Waals surface area (Å²) in [5, 5.41) is 12.4. The molecule has 34 heavy (non-hydrogen) atoms. The number of nitrogens with one attached hydrogen (secondary N) is 2. The van der Waals surface area contributed by atoms with Crippen molar-refractivity contribution >= 4 is 50.3 Å². The highest BCUT2D eigenvalue weighted by molar-refractivity contribution is 7.89. The Kier molecular flexibility index (Phi) is 6.59. The van der Waals surface area contributed by atoms with E-state index >= 15 is 0 Å². The van der Waals surface area contributed by atoms with Crippen molar-refractivity contribution in [1.29, 1.82) is 0 Å². The second kappa shape index (κ2) is 9.59. The van der Waals surface area contributed by atoms with Crippen LogP contribution in [0.4, 0.5) is 11.4 Å². The third-order valence-corrected chi connectivity index (χ3v) is 6.21. The number of hydrazone groups is 1. The van der Waals surface area contributed by atoms with Gasteiger partial charge in [0.15, 0.2) is 10.8 Å². The lowest BCUT2D eigenvalue weighted by molar-refractivity contribution is -0.112. The highest BCUT2D eigenvalue weighted by Gasteiger charge is 2.34. The quantitative estimate of drug-likeness (QED) is 0.354. The van der Waals surface area contributed by atoms with Crippen LogP contribution in [0.25, 0.3) is 0 Å². The van der Waals surface area contributed by atoms with Crippen molar-refractivity contribution in [3.63, 3.8) is 0 Å². The number of carbonyl (C=O) groups excluding carboxylic acids is 1. The number of rotatable bonds is 6. The topological polar surface area (TPSA) is 126 Å². The van der Waals surface area contributed by atoms with Crippen molar-refractivity contribution in [1.82, 2.24) is 5.43 Å². The molecule has 4 N–H and O–H groups in total. The molecule has 1 amide bonds. The van der Waals surface area contributed by atoms with Gasteiger partial charge in [0.1, 0.15) is 5.75 Å². The van der Waals surface area contributed by atoms with E-state index < -0.39 is 10.0 Å². The van der Waals surface area contributed by atoms with Gasteiger partial charge in [-0.15, -0.1) is 0 Å². The summed E-state index contributed by atoms with van der Waals surface area (Å²) in [7, 11) is -2.24. The van der Waals surface area contributed by atoms with Crippen molar-refractivity contribution in [2.45, 2.75) is 11.4 Å². The number of nitrogens with zero attached hydrogens (tertiary/aromatic N) is 2. The molecular formula is C23H21N5O4S2. The van der Waals surface area contributed by atoms with Crippen LogP contribution >= 0.6 is 12.2 Å². The van der Waals surface area contributed by atoms with Gasteiger partial charge in [0.25, 0.3) is 5.91 Å². The number of thiocarbonyl (C=S) groups is 1. The van der Waals surface area contributed by atoms with Crippen molar-refractivity contribution in [3.05, 3.63) is 83.9 Å². The highest BCUT2D eigenvalue weighted by atomic mass is 32.2. The number of methoxy groups -OCH3 is 1. The summed E-state index contributed by atoms with van der Waals surface area (Å²) in [6, 6.07) is 20.8. The van der Waals surface area contributed by atoms with Crippen LogP contribution in [0.3, 0.4) is 0 Å². The number of nitrogens with two attached hydrogens (primary N) is 1. The molecule has 4 rings (SSSR count). The summed E-state index contributed by atoms with van der Waals surface area (Å²) >= 11 is 5.28. The van der Waals surface area contributed by atoms with Crippen molar-refractivity contribution in [2.75, 3.05) is 17.3 Å². The summed E-state index contributed by atoms with van der Waals surface area (Å²) < 4.78 is 28.1. The minimum absolute atomic E-state index is 0.0159. The monoisotopic (exact) mass is 495 g/mol. The molecule has 9 nitrogen and oxygen atoms in total. The second-order valence-electron chi connectivity index (χ2n) is 7.36. The van der Waals surface area contributed by atoms with E-state index in [4.69, 9.17) is 22.1 Å². The van der Waals surface area contributed by atoms with Crippen LogP contribution in [0.15, 0.2) is 82.8 Å². The first-order valence-corrected chi connectivity index (χ1v) is 12.0. The summed E-state index contributed by atoms with van der Waals surface area (Å²) in [6.45, 7) is 0.386. The van der Waals surface area contributed by atoms with Crippen LogP contribution in [0, 0.1) is 0 Å². The predicted octanol–water partition coefficient (Wildman–Crippen LogP) is 2.58. The lowest BCUT2D eigenvalue weighted by Crippen LogP contribution is -2.32. The lowest BCUT2D eigenvalue weighted by Gasteiger charge is -2.17. The predicted molar refractivity (Wildman–Crippen MR) is 134 cm³/mol. The van der Waals surface area contributed by atoms with Crippen LogP contribution in [-0.2, 0) is 21.4 Å². The molecule has 0 radical (unpaired) electrons. The number of sulfonamides is 1. The zero-order valence-corrected chi connectivity index (χ0v) is 19.7. The fourth-order valence-electron chi connectivity index (χ4n) is 3.44. The Morgan fingerprint density at radius 3 is 2.44 bits per heavy atom. The van der Waals surface area contributed by atoms with Gasteiger partial charge >= 0.3 is 0 Å². The number of benzene rings is 3. The molecule has 0 saturated heterocycles.